The lowest BCUT2D eigenvalue weighted by Crippen LogP contribution is -2.18. The molecule has 1 aliphatic carbocycles. The fourth-order valence-corrected chi connectivity index (χ4v) is 2.89. The Labute approximate surface area is 118 Å². The highest BCUT2D eigenvalue weighted by atomic mass is 16.5. The van der Waals surface area contributed by atoms with Crippen LogP contribution in [-0.4, -0.2) is 25.3 Å². The number of carboxylic acids is 1. The topological polar surface area (TPSA) is 81.8 Å². The Balaban J connectivity index is 2.53. The summed E-state index contributed by atoms with van der Waals surface area (Å²) in [4.78, 5) is 10.9. The van der Waals surface area contributed by atoms with Crippen LogP contribution in [-0.2, 0) is 17.6 Å². The summed E-state index contributed by atoms with van der Waals surface area (Å²) >= 11 is 0. The fourth-order valence-electron chi connectivity index (χ4n) is 2.89. The van der Waals surface area contributed by atoms with E-state index in [0.717, 1.165) is 42.7 Å². The minimum absolute atomic E-state index is 0.127. The third-order valence-corrected chi connectivity index (χ3v) is 3.81. The summed E-state index contributed by atoms with van der Waals surface area (Å²) in [7, 11) is 3.23. The van der Waals surface area contributed by atoms with E-state index in [2.05, 4.69) is 0 Å². The highest BCUT2D eigenvalue weighted by molar-refractivity contribution is 5.68. The molecule has 0 radical (unpaired) electrons. The van der Waals surface area contributed by atoms with E-state index in [1.54, 1.807) is 14.2 Å². The van der Waals surface area contributed by atoms with Gasteiger partial charge in [-0.1, -0.05) is 0 Å². The Hall–Kier alpha value is -1.75. The first-order valence-corrected chi connectivity index (χ1v) is 6.82. The maximum Gasteiger partial charge on any atom is 0.305 e. The van der Waals surface area contributed by atoms with Crippen molar-refractivity contribution >= 4 is 5.97 Å². The van der Waals surface area contributed by atoms with E-state index in [4.69, 9.17) is 20.3 Å². The molecule has 0 spiro atoms. The van der Waals surface area contributed by atoms with Crippen LogP contribution in [0.2, 0.25) is 0 Å². The van der Waals surface area contributed by atoms with Gasteiger partial charge in [0.05, 0.1) is 20.6 Å². The van der Waals surface area contributed by atoms with Gasteiger partial charge in [0.2, 0.25) is 0 Å². The van der Waals surface area contributed by atoms with E-state index in [0.29, 0.717) is 5.56 Å². The molecule has 5 nitrogen and oxygen atoms in total. The smallest absolute Gasteiger partial charge is 0.305 e. The maximum absolute atomic E-state index is 10.9. The number of ether oxygens (including phenoxy) is 2. The van der Waals surface area contributed by atoms with Crippen molar-refractivity contribution in [1.29, 1.82) is 0 Å². The van der Waals surface area contributed by atoms with Crippen LogP contribution in [0.1, 0.15) is 42.0 Å². The molecule has 3 N–H and O–H groups in total. The van der Waals surface area contributed by atoms with Crippen LogP contribution < -0.4 is 15.2 Å². The number of hydrogen-bond donors (Lipinski definition) is 2. The van der Waals surface area contributed by atoms with Gasteiger partial charge in [-0.25, -0.2) is 0 Å². The second kappa shape index (κ2) is 6.13. The number of carboxylic acid groups (broad SMARTS) is 1. The summed E-state index contributed by atoms with van der Waals surface area (Å²) in [5, 5.41) is 8.92. The van der Waals surface area contributed by atoms with E-state index < -0.39 is 12.0 Å². The SMILES string of the molecule is COc1cc(C(N)CC(=O)O)c(OC)c2c1CCCC2. The summed E-state index contributed by atoms with van der Waals surface area (Å²) < 4.78 is 11.0. The van der Waals surface area contributed by atoms with Crippen LogP contribution >= 0.6 is 0 Å². The van der Waals surface area contributed by atoms with Gasteiger partial charge in [-0.3, -0.25) is 4.79 Å². The molecule has 5 heteroatoms. The Morgan fingerprint density at radius 1 is 1.30 bits per heavy atom. The molecule has 110 valence electrons. The number of rotatable bonds is 5. The number of fused-ring (bicyclic) bond motifs is 1. The summed E-state index contributed by atoms with van der Waals surface area (Å²) in [6.45, 7) is 0. The van der Waals surface area contributed by atoms with Gasteiger partial charge >= 0.3 is 5.97 Å². The van der Waals surface area contributed by atoms with E-state index in [-0.39, 0.29) is 6.42 Å². The molecule has 0 heterocycles. The molecule has 0 amide bonds. The number of benzene rings is 1. The van der Waals surface area contributed by atoms with Crippen molar-refractivity contribution in [2.24, 2.45) is 5.73 Å². The average molecular weight is 279 g/mol. The van der Waals surface area contributed by atoms with Crippen molar-refractivity contribution in [3.63, 3.8) is 0 Å². The third-order valence-electron chi connectivity index (χ3n) is 3.81. The van der Waals surface area contributed by atoms with E-state index in [1.807, 2.05) is 6.07 Å². The number of hydrogen-bond acceptors (Lipinski definition) is 4. The Kier molecular flexibility index (Phi) is 4.49. The van der Waals surface area contributed by atoms with Crippen molar-refractivity contribution < 1.29 is 19.4 Å². The molecule has 1 aliphatic rings. The molecule has 1 unspecified atom stereocenters. The molecule has 0 aliphatic heterocycles. The zero-order valence-corrected chi connectivity index (χ0v) is 11.9. The van der Waals surface area contributed by atoms with Gasteiger partial charge in [0.1, 0.15) is 11.5 Å². The van der Waals surface area contributed by atoms with Crippen LogP contribution in [0, 0.1) is 0 Å². The van der Waals surface area contributed by atoms with Gasteiger partial charge in [-0.15, -0.1) is 0 Å². The second-order valence-electron chi connectivity index (χ2n) is 5.07. The summed E-state index contributed by atoms with van der Waals surface area (Å²) in [6.07, 6.45) is 3.99. The lowest BCUT2D eigenvalue weighted by Gasteiger charge is -2.25. The lowest BCUT2D eigenvalue weighted by molar-refractivity contribution is -0.137. The predicted molar refractivity (Wildman–Crippen MR) is 75.4 cm³/mol. The number of nitrogens with two attached hydrogens (primary N) is 1. The zero-order valence-electron chi connectivity index (χ0n) is 11.9. The molecule has 0 saturated heterocycles. The second-order valence-corrected chi connectivity index (χ2v) is 5.07. The molecule has 1 atom stereocenters. The van der Waals surface area contributed by atoms with Crippen LogP contribution in [0.15, 0.2) is 6.07 Å². The van der Waals surface area contributed by atoms with Crippen molar-refractivity contribution in [3.8, 4) is 11.5 Å². The molecular formula is C15H21NO4. The first kappa shape index (κ1) is 14.7. The van der Waals surface area contributed by atoms with Crippen molar-refractivity contribution in [2.45, 2.75) is 38.1 Å². The van der Waals surface area contributed by atoms with Crippen molar-refractivity contribution in [3.05, 3.63) is 22.8 Å². The maximum atomic E-state index is 10.9. The molecule has 1 aromatic rings. The minimum Gasteiger partial charge on any atom is -0.496 e. The summed E-state index contributed by atoms with van der Waals surface area (Å²) in [5.41, 5.74) is 9.02. The molecule has 20 heavy (non-hydrogen) atoms. The number of carbonyl (C=O) groups is 1. The van der Waals surface area contributed by atoms with Gasteiger partial charge in [0, 0.05) is 22.7 Å². The molecular weight excluding hydrogens is 258 g/mol. The van der Waals surface area contributed by atoms with Crippen LogP contribution in [0.4, 0.5) is 0 Å². The standard InChI is InChI=1S/C15H21NO4/c1-19-13-7-11(12(16)8-14(17)18)15(20-2)10-6-4-3-5-9(10)13/h7,12H,3-6,8,16H2,1-2H3,(H,17,18). The van der Waals surface area contributed by atoms with Gasteiger partial charge in [-0.05, 0) is 31.7 Å². The Morgan fingerprint density at radius 3 is 2.50 bits per heavy atom. The van der Waals surface area contributed by atoms with Gasteiger partial charge in [-0.2, -0.15) is 0 Å². The highest BCUT2D eigenvalue weighted by Gasteiger charge is 2.25. The van der Waals surface area contributed by atoms with Crippen LogP contribution in [0.25, 0.3) is 0 Å². The molecule has 2 rings (SSSR count). The molecule has 0 bridgehead atoms. The highest BCUT2D eigenvalue weighted by Crippen LogP contribution is 2.41. The molecule has 0 saturated carbocycles. The Morgan fingerprint density at radius 2 is 1.95 bits per heavy atom. The van der Waals surface area contributed by atoms with Crippen molar-refractivity contribution in [2.75, 3.05) is 14.2 Å². The zero-order chi connectivity index (χ0) is 14.7. The van der Waals surface area contributed by atoms with Crippen LogP contribution in [0.3, 0.4) is 0 Å². The number of aliphatic carboxylic acids is 1. The molecule has 0 fully saturated rings. The molecule has 0 aromatic heterocycles. The predicted octanol–water partition coefficient (Wildman–Crippen LogP) is 2.06. The molecule has 1 aromatic carbocycles. The van der Waals surface area contributed by atoms with E-state index in [9.17, 15) is 4.79 Å². The van der Waals surface area contributed by atoms with Crippen LogP contribution in [0.5, 0.6) is 11.5 Å². The first-order valence-electron chi connectivity index (χ1n) is 6.82. The summed E-state index contributed by atoms with van der Waals surface area (Å²) in [5.74, 6) is 0.599. The normalized spacial score (nSPS) is 15.3. The average Bonchev–Trinajstić information content (AvgIpc) is 2.44. The van der Waals surface area contributed by atoms with Crippen molar-refractivity contribution in [1.82, 2.24) is 0 Å². The Bertz CT molecular complexity index is 513. The van der Waals surface area contributed by atoms with Gasteiger partial charge < -0.3 is 20.3 Å². The minimum atomic E-state index is -0.920. The number of methoxy groups -OCH3 is 2. The first-order chi connectivity index (χ1) is 9.58. The monoisotopic (exact) mass is 279 g/mol. The lowest BCUT2D eigenvalue weighted by atomic mass is 9.86. The quantitative estimate of drug-likeness (QED) is 0.862. The largest absolute Gasteiger partial charge is 0.496 e. The summed E-state index contributed by atoms with van der Waals surface area (Å²) in [6, 6.07) is 1.24. The fraction of sp³-hybridized carbons (Fsp3) is 0.533. The van der Waals surface area contributed by atoms with E-state index >= 15 is 0 Å². The third kappa shape index (κ3) is 2.72. The van der Waals surface area contributed by atoms with Gasteiger partial charge in [0.25, 0.3) is 0 Å². The van der Waals surface area contributed by atoms with Gasteiger partial charge in [0.15, 0.2) is 0 Å². The van der Waals surface area contributed by atoms with E-state index in [1.165, 1.54) is 5.56 Å².